The Kier molecular flexibility index (Phi) is 4.17. The van der Waals surface area contributed by atoms with E-state index < -0.39 is 6.10 Å². The molecule has 0 heterocycles. The Hall–Kier alpha value is -2.31. The Morgan fingerprint density at radius 2 is 1.89 bits per heavy atom. The van der Waals surface area contributed by atoms with E-state index in [2.05, 4.69) is 11.4 Å². The first-order valence-electron chi connectivity index (χ1n) is 6.19. The fraction of sp³-hybridized carbons (Fsp3) is 0.188. The molecule has 1 unspecified atom stereocenters. The van der Waals surface area contributed by atoms with E-state index in [9.17, 15) is 5.11 Å². The van der Waals surface area contributed by atoms with Gasteiger partial charge >= 0.3 is 0 Å². The van der Waals surface area contributed by atoms with E-state index in [1.165, 1.54) is 0 Å². The lowest BCUT2D eigenvalue weighted by molar-refractivity contribution is 0.191. The minimum absolute atomic E-state index is 0.377. The normalized spacial score (nSPS) is 11.6. The lowest BCUT2D eigenvalue weighted by atomic mass is 10.1. The maximum absolute atomic E-state index is 10.1. The summed E-state index contributed by atoms with van der Waals surface area (Å²) in [5.41, 5.74) is 3.18. The summed E-state index contributed by atoms with van der Waals surface area (Å²) in [7, 11) is 0. The van der Waals surface area contributed by atoms with Crippen LogP contribution in [0.5, 0.6) is 0 Å². The van der Waals surface area contributed by atoms with Gasteiger partial charge in [0, 0.05) is 6.54 Å². The summed E-state index contributed by atoms with van der Waals surface area (Å²) >= 11 is 0. The number of nitriles is 1. The zero-order valence-corrected chi connectivity index (χ0v) is 10.8. The fourth-order valence-corrected chi connectivity index (χ4v) is 1.96. The number of hydrogen-bond donors (Lipinski definition) is 2. The number of aryl methyl sites for hydroxylation is 1. The molecule has 0 fully saturated rings. The molecule has 2 aromatic rings. The summed E-state index contributed by atoms with van der Waals surface area (Å²) in [6.45, 7) is 2.28. The predicted molar refractivity (Wildman–Crippen MR) is 75.8 cm³/mol. The third-order valence-corrected chi connectivity index (χ3v) is 3.05. The van der Waals surface area contributed by atoms with Crippen molar-refractivity contribution in [3.8, 4) is 6.07 Å². The van der Waals surface area contributed by atoms with Crippen LogP contribution in [0.4, 0.5) is 5.69 Å². The van der Waals surface area contributed by atoms with Gasteiger partial charge in [0.2, 0.25) is 0 Å². The van der Waals surface area contributed by atoms with Crippen molar-refractivity contribution in [2.24, 2.45) is 0 Å². The molecule has 2 N–H and O–H groups in total. The lowest BCUT2D eigenvalue weighted by Crippen LogP contribution is -2.13. The predicted octanol–water partition coefficient (Wildman–Crippen LogP) is 3.01. The Morgan fingerprint density at radius 1 is 1.16 bits per heavy atom. The van der Waals surface area contributed by atoms with Gasteiger partial charge in [-0.2, -0.15) is 5.26 Å². The Morgan fingerprint density at radius 3 is 2.58 bits per heavy atom. The maximum atomic E-state index is 10.1. The molecule has 0 saturated carbocycles. The number of aliphatic hydroxyl groups is 1. The van der Waals surface area contributed by atoms with Crippen LogP contribution in [0, 0.1) is 18.3 Å². The van der Waals surface area contributed by atoms with Crippen molar-refractivity contribution in [2.45, 2.75) is 13.0 Å². The standard InChI is InChI=1S/C16H16N2O/c1-12-6-5-9-15(14(12)10-17)18-11-16(19)13-7-3-2-4-8-13/h2-9,16,18-19H,11H2,1H3. The summed E-state index contributed by atoms with van der Waals surface area (Å²) in [6, 6.07) is 17.3. The molecule has 0 aliphatic carbocycles. The van der Waals surface area contributed by atoms with Gasteiger partial charge in [-0.3, -0.25) is 0 Å². The molecule has 0 bridgehead atoms. The molecule has 19 heavy (non-hydrogen) atoms. The Bertz CT molecular complexity index is 587. The fourth-order valence-electron chi connectivity index (χ4n) is 1.96. The summed E-state index contributed by atoms with van der Waals surface area (Å²) in [5.74, 6) is 0. The smallest absolute Gasteiger partial charge is 0.102 e. The highest BCUT2D eigenvalue weighted by Gasteiger charge is 2.09. The van der Waals surface area contributed by atoms with E-state index in [1.807, 2.05) is 55.5 Å². The van der Waals surface area contributed by atoms with Crippen molar-refractivity contribution in [2.75, 3.05) is 11.9 Å². The van der Waals surface area contributed by atoms with Crippen molar-refractivity contribution in [1.29, 1.82) is 5.26 Å². The van der Waals surface area contributed by atoms with Gasteiger partial charge in [-0.05, 0) is 24.1 Å². The second kappa shape index (κ2) is 6.03. The number of anilines is 1. The highest BCUT2D eigenvalue weighted by molar-refractivity contribution is 5.60. The van der Waals surface area contributed by atoms with Crippen LogP contribution < -0.4 is 5.32 Å². The number of nitrogens with zero attached hydrogens (tertiary/aromatic N) is 1. The summed E-state index contributed by atoms with van der Waals surface area (Å²) in [4.78, 5) is 0. The first kappa shape index (κ1) is 13.1. The van der Waals surface area contributed by atoms with Gasteiger partial charge in [-0.15, -0.1) is 0 Å². The molecule has 0 spiro atoms. The van der Waals surface area contributed by atoms with Crippen molar-refractivity contribution in [3.05, 3.63) is 65.2 Å². The zero-order valence-electron chi connectivity index (χ0n) is 10.8. The van der Waals surface area contributed by atoms with Gasteiger partial charge in [0.25, 0.3) is 0 Å². The van der Waals surface area contributed by atoms with Crippen LogP contribution in [-0.4, -0.2) is 11.7 Å². The lowest BCUT2D eigenvalue weighted by Gasteiger charge is -2.14. The third-order valence-electron chi connectivity index (χ3n) is 3.05. The molecule has 3 nitrogen and oxygen atoms in total. The van der Waals surface area contributed by atoms with Crippen LogP contribution in [0.15, 0.2) is 48.5 Å². The van der Waals surface area contributed by atoms with Crippen molar-refractivity contribution in [3.63, 3.8) is 0 Å². The van der Waals surface area contributed by atoms with Gasteiger partial charge < -0.3 is 10.4 Å². The van der Waals surface area contributed by atoms with Gasteiger partial charge in [-0.1, -0.05) is 42.5 Å². The van der Waals surface area contributed by atoms with E-state index in [1.54, 1.807) is 0 Å². The van der Waals surface area contributed by atoms with Crippen LogP contribution in [0.2, 0.25) is 0 Å². The first-order valence-corrected chi connectivity index (χ1v) is 6.19. The van der Waals surface area contributed by atoms with Crippen molar-refractivity contribution in [1.82, 2.24) is 0 Å². The van der Waals surface area contributed by atoms with Gasteiger partial charge in [0.05, 0.1) is 17.4 Å². The highest BCUT2D eigenvalue weighted by atomic mass is 16.3. The molecule has 96 valence electrons. The van der Waals surface area contributed by atoms with E-state index in [0.29, 0.717) is 12.1 Å². The Balaban J connectivity index is 2.08. The molecule has 0 aliphatic heterocycles. The number of rotatable bonds is 4. The Labute approximate surface area is 113 Å². The maximum Gasteiger partial charge on any atom is 0.102 e. The molecule has 0 aliphatic rings. The van der Waals surface area contributed by atoms with Crippen LogP contribution in [0.1, 0.15) is 22.8 Å². The summed E-state index contributed by atoms with van der Waals surface area (Å²) in [6.07, 6.45) is -0.590. The molecule has 0 aromatic heterocycles. The van der Waals surface area contributed by atoms with Gasteiger partial charge in [-0.25, -0.2) is 0 Å². The summed E-state index contributed by atoms with van der Waals surface area (Å²) in [5, 5.41) is 22.3. The van der Waals surface area contributed by atoms with Crippen LogP contribution in [0.3, 0.4) is 0 Å². The third kappa shape index (κ3) is 3.12. The van der Waals surface area contributed by atoms with Gasteiger partial charge in [0.1, 0.15) is 6.07 Å². The highest BCUT2D eigenvalue weighted by Crippen LogP contribution is 2.20. The largest absolute Gasteiger partial charge is 0.387 e. The minimum Gasteiger partial charge on any atom is -0.387 e. The molecule has 2 rings (SSSR count). The number of aliphatic hydroxyl groups excluding tert-OH is 1. The van der Waals surface area contributed by atoms with Crippen LogP contribution in [0.25, 0.3) is 0 Å². The average Bonchev–Trinajstić information content (AvgIpc) is 2.45. The molecule has 0 radical (unpaired) electrons. The monoisotopic (exact) mass is 252 g/mol. The second-order valence-corrected chi connectivity index (χ2v) is 4.42. The van der Waals surface area contributed by atoms with E-state index in [-0.39, 0.29) is 0 Å². The van der Waals surface area contributed by atoms with E-state index in [4.69, 9.17) is 5.26 Å². The zero-order chi connectivity index (χ0) is 13.7. The van der Waals surface area contributed by atoms with Crippen LogP contribution in [-0.2, 0) is 0 Å². The molecular weight excluding hydrogens is 236 g/mol. The topological polar surface area (TPSA) is 56.0 Å². The molecule has 0 saturated heterocycles. The summed E-state index contributed by atoms with van der Waals surface area (Å²) < 4.78 is 0. The van der Waals surface area contributed by atoms with E-state index in [0.717, 1.165) is 16.8 Å². The second-order valence-electron chi connectivity index (χ2n) is 4.42. The van der Waals surface area contributed by atoms with Crippen molar-refractivity contribution < 1.29 is 5.11 Å². The quantitative estimate of drug-likeness (QED) is 0.879. The number of hydrogen-bond acceptors (Lipinski definition) is 3. The average molecular weight is 252 g/mol. The SMILES string of the molecule is Cc1cccc(NCC(O)c2ccccc2)c1C#N. The van der Waals surface area contributed by atoms with E-state index >= 15 is 0 Å². The molecule has 1 atom stereocenters. The number of benzene rings is 2. The molecule has 3 heteroatoms. The van der Waals surface area contributed by atoms with Crippen LogP contribution >= 0.6 is 0 Å². The number of nitrogens with one attached hydrogen (secondary N) is 1. The molecular formula is C16H16N2O. The first-order chi connectivity index (χ1) is 9.22. The molecule has 0 amide bonds. The minimum atomic E-state index is -0.590. The van der Waals surface area contributed by atoms with Gasteiger partial charge in [0.15, 0.2) is 0 Å². The van der Waals surface area contributed by atoms with Crippen molar-refractivity contribution >= 4 is 5.69 Å². The molecule has 2 aromatic carbocycles.